The number of rotatable bonds is 5. The van der Waals surface area contributed by atoms with E-state index >= 15 is 0 Å². The van der Waals surface area contributed by atoms with Gasteiger partial charge in [0.2, 0.25) is 5.89 Å². The van der Waals surface area contributed by atoms with Crippen LogP contribution in [0.3, 0.4) is 0 Å². The first-order chi connectivity index (χ1) is 9.24. The van der Waals surface area contributed by atoms with E-state index in [4.69, 9.17) is 10.3 Å². The Bertz CT molecular complexity index is 565. The van der Waals surface area contributed by atoms with E-state index in [0.29, 0.717) is 17.6 Å². The largest absolute Gasteiger partial charge is 0.338 e. The monoisotopic (exact) mass is 275 g/mol. The van der Waals surface area contributed by atoms with Crippen molar-refractivity contribution in [1.29, 1.82) is 0 Å². The van der Waals surface area contributed by atoms with Crippen LogP contribution in [0.25, 0.3) is 0 Å². The van der Waals surface area contributed by atoms with Gasteiger partial charge in [-0.25, -0.2) is 0 Å². The summed E-state index contributed by atoms with van der Waals surface area (Å²) in [6.45, 7) is 2.10. The first kappa shape index (κ1) is 12.7. The third-order valence-electron chi connectivity index (χ3n) is 3.35. The molecular weight excluding hydrogens is 258 g/mol. The summed E-state index contributed by atoms with van der Waals surface area (Å²) in [7, 11) is 0. The predicted molar refractivity (Wildman–Crippen MR) is 74.7 cm³/mol. The molecule has 100 valence electrons. The molecule has 1 unspecified atom stereocenters. The van der Waals surface area contributed by atoms with E-state index in [1.807, 2.05) is 12.1 Å². The van der Waals surface area contributed by atoms with Gasteiger partial charge in [0.25, 0.3) is 0 Å². The SMILES string of the molecule is Cc1ccccc1SCc1noc(C(N)C2CC2)n1. The van der Waals surface area contributed by atoms with Gasteiger partial charge < -0.3 is 10.3 Å². The molecule has 0 bridgehead atoms. The molecule has 1 saturated carbocycles. The summed E-state index contributed by atoms with van der Waals surface area (Å²) in [6, 6.07) is 8.22. The zero-order valence-electron chi connectivity index (χ0n) is 10.9. The summed E-state index contributed by atoms with van der Waals surface area (Å²) in [5.41, 5.74) is 7.31. The number of aryl methyl sites for hydroxylation is 1. The van der Waals surface area contributed by atoms with Gasteiger partial charge in [0.05, 0.1) is 11.8 Å². The van der Waals surface area contributed by atoms with Crippen LogP contribution in [-0.2, 0) is 5.75 Å². The van der Waals surface area contributed by atoms with Gasteiger partial charge in [0.15, 0.2) is 5.82 Å². The highest BCUT2D eigenvalue weighted by atomic mass is 32.2. The molecule has 2 aromatic rings. The van der Waals surface area contributed by atoms with Gasteiger partial charge in [0.1, 0.15) is 0 Å². The number of aromatic nitrogens is 2. The third kappa shape index (κ3) is 2.98. The van der Waals surface area contributed by atoms with Crippen LogP contribution < -0.4 is 5.73 Å². The number of hydrogen-bond donors (Lipinski definition) is 1. The second-order valence-corrected chi connectivity index (χ2v) is 5.98. The zero-order chi connectivity index (χ0) is 13.2. The molecule has 0 spiro atoms. The Labute approximate surface area is 116 Å². The fourth-order valence-corrected chi connectivity index (χ4v) is 2.85. The molecule has 3 rings (SSSR count). The topological polar surface area (TPSA) is 64.9 Å². The van der Waals surface area contributed by atoms with Crippen molar-refractivity contribution < 1.29 is 4.52 Å². The second kappa shape index (κ2) is 5.35. The number of hydrogen-bond acceptors (Lipinski definition) is 5. The van der Waals surface area contributed by atoms with Crippen LogP contribution >= 0.6 is 11.8 Å². The normalized spacial score (nSPS) is 16.5. The van der Waals surface area contributed by atoms with E-state index < -0.39 is 0 Å². The lowest BCUT2D eigenvalue weighted by atomic mass is 10.2. The van der Waals surface area contributed by atoms with Gasteiger partial charge in [-0.05, 0) is 37.3 Å². The standard InChI is InChI=1S/C14H17N3OS/c1-9-4-2-3-5-11(9)19-8-12-16-14(18-17-12)13(15)10-6-7-10/h2-5,10,13H,6-8,15H2,1H3. The lowest BCUT2D eigenvalue weighted by Gasteiger charge is -2.02. The molecule has 1 heterocycles. The molecule has 0 amide bonds. The average Bonchev–Trinajstić information content (AvgIpc) is 3.16. The summed E-state index contributed by atoms with van der Waals surface area (Å²) in [6.07, 6.45) is 2.35. The molecule has 5 heteroatoms. The van der Waals surface area contributed by atoms with Gasteiger partial charge in [-0.15, -0.1) is 11.8 Å². The van der Waals surface area contributed by atoms with Crippen LogP contribution in [-0.4, -0.2) is 10.1 Å². The highest BCUT2D eigenvalue weighted by Gasteiger charge is 2.33. The Morgan fingerprint density at radius 3 is 2.95 bits per heavy atom. The minimum absolute atomic E-state index is 0.0790. The van der Waals surface area contributed by atoms with E-state index in [-0.39, 0.29) is 6.04 Å². The first-order valence-electron chi connectivity index (χ1n) is 6.50. The lowest BCUT2D eigenvalue weighted by Crippen LogP contribution is -2.12. The van der Waals surface area contributed by atoms with Gasteiger partial charge in [-0.3, -0.25) is 0 Å². The molecule has 1 atom stereocenters. The first-order valence-corrected chi connectivity index (χ1v) is 7.49. The fraction of sp³-hybridized carbons (Fsp3) is 0.429. The third-order valence-corrected chi connectivity index (χ3v) is 4.52. The van der Waals surface area contributed by atoms with E-state index in [1.54, 1.807) is 11.8 Å². The maximum absolute atomic E-state index is 6.04. The summed E-state index contributed by atoms with van der Waals surface area (Å²) >= 11 is 1.72. The molecule has 1 aliphatic carbocycles. The number of benzene rings is 1. The molecular formula is C14H17N3OS. The molecule has 1 aromatic heterocycles. The van der Waals surface area contributed by atoms with Crippen LogP contribution in [0.2, 0.25) is 0 Å². The second-order valence-electron chi connectivity index (χ2n) is 4.97. The molecule has 1 fully saturated rings. The van der Waals surface area contributed by atoms with Crippen LogP contribution in [0.4, 0.5) is 0 Å². The molecule has 0 radical (unpaired) electrons. The lowest BCUT2D eigenvalue weighted by molar-refractivity contribution is 0.341. The Morgan fingerprint density at radius 1 is 1.42 bits per heavy atom. The summed E-state index contributed by atoms with van der Waals surface area (Å²) in [5, 5.41) is 4.01. The Kier molecular flexibility index (Phi) is 3.57. The minimum atomic E-state index is -0.0790. The number of nitrogens with two attached hydrogens (primary N) is 1. The van der Waals surface area contributed by atoms with Crippen LogP contribution in [0.5, 0.6) is 0 Å². The molecule has 2 N–H and O–H groups in total. The van der Waals surface area contributed by atoms with Crippen molar-refractivity contribution >= 4 is 11.8 Å². The number of thioether (sulfide) groups is 1. The maximum Gasteiger partial charge on any atom is 0.243 e. The fourth-order valence-electron chi connectivity index (χ4n) is 1.98. The van der Waals surface area contributed by atoms with Crippen molar-refractivity contribution in [3.8, 4) is 0 Å². The Hall–Kier alpha value is -1.33. The van der Waals surface area contributed by atoms with Crippen molar-refractivity contribution in [2.45, 2.75) is 36.5 Å². The highest BCUT2D eigenvalue weighted by molar-refractivity contribution is 7.98. The van der Waals surface area contributed by atoms with Gasteiger partial charge in [-0.1, -0.05) is 23.4 Å². The van der Waals surface area contributed by atoms with E-state index in [2.05, 4.69) is 29.2 Å². The van der Waals surface area contributed by atoms with Crippen LogP contribution in [0.1, 0.15) is 36.2 Å². The van der Waals surface area contributed by atoms with Crippen molar-refractivity contribution in [1.82, 2.24) is 10.1 Å². The predicted octanol–water partition coefficient (Wildman–Crippen LogP) is 3.08. The minimum Gasteiger partial charge on any atom is -0.338 e. The molecule has 0 saturated heterocycles. The van der Waals surface area contributed by atoms with Gasteiger partial charge >= 0.3 is 0 Å². The van der Waals surface area contributed by atoms with E-state index in [9.17, 15) is 0 Å². The summed E-state index contributed by atoms with van der Waals surface area (Å²) in [5.74, 6) is 2.56. The van der Waals surface area contributed by atoms with E-state index in [1.165, 1.54) is 23.3 Å². The van der Waals surface area contributed by atoms with Crippen LogP contribution in [0, 0.1) is 12.8 Å². The molecule has 1 aliphatic rings. The van der Waals surface area contributed by atoms with Gasteiger partial charge in [-0.2, -0.15) is 4.98 Å². The van der Waals surface area contributed by atoms with E-state index in [0.717, 1.165) is 5.82 Å². The summed E-state index contributed by atoms with van der Waals surface area (Å²) < 4.78 is 5.25. The Balaban J connectivity index is 1.62. The number of nitrogens with zero attached hydrogens (tertiary/aromatic N) is 2. The smallest absolute Gasteiger partial charge is 0.243 e. The average molecular weight is 275 g/mol. The van der Waals surface area contributed by atoms with Crippen LogP contribution in [0.15, 0.2) is 33.7 Å². The molecule has 19 heavy (non-hydrogen) atoms. The molecule has 0 aliphatic heterocycles. The van der Waals surface area contributed by atoms with Gasteiger partial charge in [0, 0.05) is 4.90 Å². The van der Waals surface area contributed by atoms with Crippen molar-refractivity contribution in [2.24, 2.45) is 11.7 Å². The maximum atomic E-state index is 6.04. The van der Waals surface area contributed by atoms with Crippen molar-refractivity contribution in [3.63, 3.8) is 0 Å². The zero-order valence-corrected chi connectivity index (χ0v) is 11.7. The quantitative estimate of drug-likeness (QED) is 0.849. The highest BCUT2D eigenvalue weighted by Crippen LogP contribution is 2.38. The molecule has 1 aromatic carbocycles. The molecule has 4 nitrogen and oxygen atoms in total. The van der Waals surface area contributed by atoms with Crippen molar-refractivity contribution in [3.05, 3.63) is 41.5 Å². The Morgan fingerprint density at radius 2 is 2.21 bits per heavy atom. The van der Waals surface area contributed by atoms with Crippen molar-refractivity contribution in [2.75, 3.05) is 0 Å². The summed E-state index contributed by atoms with van der Waals surface area (Å²) in [4.78, 5) is 5.64.